The third-order valence-electron chi connectivity index (χ3n) is 2.34. The van der Waals surface area contributed by atoms with Crippen molar-refractivity contribution in [2.24, 2.45) is 10.8 Å². The zero-order valence-electron chi connectivity index (χ0n) is 11.0. The van der Waals surface area contributed by atoms with Gasteiger partial charge in [-0.15, -0.1) is 0 Å². The Balaban J connectivity index is 2.48. The maximum Gasteiger partial charge on any atom is 0.210 e. The molecule has 0 saturated heterocycles. The quantitative estimate of drug-likeness (QED) is 0.217. The summed E-state index contributed by atoms with van der Waals surface area (Å²) < 4.78 is 6.78. The Bertz CT molecular complexity index is 362. The van der Waals surface area contributed by atoms with E-state index in [0.29, 0.717) is 12.6 Å². The van der Waals surface area contributed by atoms with Crippen molar-refractivity contribution in [3.8, 4) is 0 Å². The minimum absolute atomic E-state index is 0.551. The summed E-state index contributed by atoms with van der Waals surface area (Å²) in [5.74, 6) is 5.95. The second-order valence-corrected chi connectivity index (χ2v) is 3.84. The smallest absolute Gasteiger partial charge is 0.210 e. The van der Waals surface area contributed by atoms with Crippen molar-refractivity contribution in [2.45, 2.75) is 26.3 Å². The molecule has 0 amide bonds. The molecule has 4 N–H and O–H groups in total. The molecule has 0 radical (unpaired) electrons. The van der Waals surface area contributed by atoms with E-state index in [1.165, 1.54) is 0 Å². The van der Waals surface area contributed by atoms with Gasteiger partial charge in [-0.05, 0) is 6.42 Å². The number of ether oxygens (including phenoxy) is 1. The summed E-state index contributed by atoms with van der Waals surface area (Å²) in [7, 11) is 1.67. The van der Waals surface area contributed by atoms with Crippen molar-refractivity contribution in [3.63, 3.8) is 0 Å². The number of nitrogens with one attached hydrogen (secondary N) is 2. The van der Waals surface area contributed by atoms with E-state index in [-0.39, 0.29) is 0 Å². The highest BCUT2D eigenvalue weighted by Crippen LogP contribution is 2.04. The highest BCUT2D eigenvalue weighted by atomic mass is 16.5. The fourth-order valence-electron chi connectivity index (χ4n) is 1.34. The van der Waals surface area contributed by atoms with Crippen molar-refractivity contribution < 1.29 is 4.74 Å². The number of rotatable bonds is 7. The van der Waals surface area contributed by atoms with Crippen molar-refractivity contribution in [1.82, 2.24) is 15.2 Å². The lowest BCUT2D eigenvalue weighted by Gasteiger charge is -2.06. The molecular formula is C11H22N6O. The van der Waals surface area contributed by atoms with Gasteiger partial charge in [0, 0.05) is 19.9 Å². The SMILES string of the molecule is CCCCN=C(NN)Nc1cnn(CCOC)c1. The normalized spacial score (nSPS) is 11.6. The summed E-state index contributed by atoms with van der Waals surface area (Å²) in [6, 6.07) is 0. The predicted octanol–water partition coefficient (Wildman–Crippen LogP) is 0.561. The lowest BCUT2D eigenvalue weighted by atomic mass is 10.3. The highest BCUT2D eigenvalue weighted by Gasteiger charge is 2.01. The summed E-state index contributed by atoms with van der Waals surface area (Å²) >= 11 is 0. The Morgan fingerprint density at radius 2 is 2.44 bits per heavy atom. The van der Waals surface area contributed by atoms with Gasteiger partial charge in [0.2, 0.25) is 5.96 Å². The minimum Gasteiger partial charge on any atom is -0.383 e. The number of aromatic nitrogens is 2. The van der Waals surface area contributed by atoms with Crippen LogP contribution < -0.4 is 16.6 Å². The minimum atomic E-state index is 0.551. The molecule has 0 atom stereocenters. The number of hydrazine groups is 1. The van der Waals surface area contributed by atoms with Gasteiger partial charge in [0.25, 0.3) is 0 Å². The Labute approximate surface area is 107 Å². The molecule has 1 aromatic heterocycles. The first-order valence-electron chi connectivity index (χ1n) is 6.09. The summed E-state index contributed by atoms with van der Waals surface area (Å²) in [6.45, 7) is 4.23. The van der Waals surface area contributed by atoms with Gasteiger partial charge < -0.3 is 10.1 Å². The maximum atomic E-state index is 5.40. The fraction of sp³-hybridized carbons (Fsp3) is 0.636. The van der Waals surface area contributed by atoms with Gasteiger partial charge >= 0.3 is 0 Å². The van der Waals surface area contributed by atoms with Crippen LogP contribution in [0.4, 0.5) is 5.69 Å². The summed E-state index contributed by atoms with van der Waals surface area (Å²) in [4.78, 5) is 4.31. The van der Waals surface area contributed by atoms with Gasteiger partial charge in [-0.25, -0.2) is 5.84 Å². The van der Waals surface area contributed by atoms with Crippen LogP contribution in [0.5, 0.6) is 0 Å². The van der Waals surface area contributed by atoms with Gasteiger partial charge in [-0.2, -0.15) is 5.10 Å². The van der Waals surface area contributed by atoms with Gasteiger partial charge in [0.15, 0.2) is 0 Å². The van der Waals surface area contributed by atoms with E-state index in [1.807, 2.05) is 6.20 Å². The lowest BCUT2D eigenvalue weighted by molar-refractivity contribution is 0.183. The molecule has 7 nitrogen and oxygen atoms in total. The van der Waals surface area contributed by atoms with Crippen LogP contribution in [0.15, 0.2) is 17.4 Å². The molecule has 18 heavy (non-hydrogen) atoms. The predicted molar refractivity (Wildman–Crippen MR) is 72.3 cm³/mol. The summed E-state index contributed by atoms with van der Waals surface area (Å²) in [6.07, 6.45) is 5.75. The molecule has 0 aromatic carbocycles. The molecule has 1 aromatic rings. The number of methoxy groups -OCH3 is 1. The average molecular weight is 254 g/mol. The van der Waals surface area contributed by atoms with Gasteiger partial charge in [-0.1, -0.05) is 13.3 Å². The molecule has 0 bridgehead atoms. The van der Waals surface area contributed by atoms with E-state index in [0.717, 1.165) is 31.6 Å². The van der Waals surface area contributed by atoms with Crippen LogP contribution in [0.25, 0.3) is 0 Å². The maximum absolute atomic E-state index is 5.40. The average Bonchev–Trinajstić information content (AvgIpc) is 2.83. The largest absolute Gasteiger partial charge is 0.383 e. The Kier molecular flexibility index (Phi) is 6.82. The molecule has 0 aliphatic heterocycles. The van der Waals surface area contributed by atoms with Crippen LogP contribution in [0, 0.1) is 0 Å². The monoisotopic (exact) mass is 254 g/mol. The van der Waals surface area contributed by atoms with Crippen LogP contribution in [0.2, 0.25) is 0 Å². The number of aliphatic imine (C=N–C) groups is 1. The number of hydrogen-bond donors (Lipinski definition) is 3. The number of unbranched alkanes of at least 4 members (excludes halogenated alkanes) is 1. The number of anilines is 1. The molecule has 1 rings (SSSR count). The molecule has 7 heteroatoms. The molecule has 1 heterocycles. The molecule has 0 saturated carbocycles. The molecule has 0 fully saturated rings. The first-order valence-corrected chi connectivity index (χ1v) is 6.09. The van der Waals surface area contributed by atoms with E-state index >= 15 is 0 Å². The fourth-order valence-corrected chi connectivity index (χ4v) is 1.34. The van der Waals surface area contributed by atoms with E-state index in [9.17, 15) is 0 Å². The molecule has 0 aliphatic carbocycles. The summed E-state index contributed by atoms with van der Waals surface area (Å²) in [5, 5.41) is 7.26. The Morgan fingerprint density at radius 1 is 1.61 bits per heavy atom. The van der Waals surface area contributed by atoms with Crippen molar-refractivity contribution in [1.29, 1.82) is 0 Å². The van der Waals surface area contributed by atoms with Crippen molar-refractivity contribution >= 4 is 11.6 Å². The molecule has 102 valence electrons. The number of hydrogen-bond acceptors (Lipinski definition) is 4. The first-order chi connectivity index (χ1) is 8.80. The van der Waals surface area contributed by atoms with Gasteiger partial charge in [0.05, 0.1) is 25.0 Å². The van der Waals surface area contributed by atoms with Gasteiger partial charge in [0.1, 0.15) is 0 Å². The molecular weight excluding hydrogens is 232 g/mol. The van der Waals surface area contributed by atoms with E-state index < -0.39 is 0 Å². The van der Waals surface area contributed by atoms with E-state index in [2.05, 4.69) is 27.8 Å². The lowest BCUT2D eigenvalue weighted by Crippen LogP contribution is -2.36. The second-order valence-electron chi connectivity index (χ2n) is 3.84. The summed E-state index contributed by atoms with van der Waals surface area (Å²) in [5.41, 5.74) is 3.39. The van der Waals surface area contributed by atoms with Crippen LogP contribution in [-0.4, -0.2) is 36.0 Å². The van der Waals surface area contributed by atoms with Crippen LogP contribution >= 0.6 is 0 Å². The van der Waals surface area contributed by atoms with E-state index in [4.69, 9.17) is 10.6 Å². The van der Waals surface area contributed by atoms with Crippen molar-refractivity contribution in [3.05, 3.63) is 12.4 Å². The zero-order valence-corrected chi connectivity index (χ0v) is 11.0. The molecule has 0 aliphatic rings. The molecule has 0 unspecified atom stereocenters. The topological polar surface area (TPSA) is 89.5 Å². The van der Waals surface area contributed by atoms with E-state index in [1.54, 1.807) is 18.0 Å². The highest BCUT2D eigenvalue weighted by molar-refractivity contribution is 5.92. The zero-order chi connectivity index (χ0) is 13.2. The standard InChI is InChI=1S/C11H22N6O/c1-3-4-5-13-11(16-12)15-10-8-14-17(9-10)6-7-18-2/h8-9H,3-7,12H2,1-2H3,(H2,13,15,16). The number of nitrogens with zero attached hydrogens (tertiary/aromatic N) is 3. The first kappa shape index (κ1) is 14.5. The number of guanidine groups is 1. The third kappa shape index (κ3) is 5.15. The van der Waals surface area contributed by atoms with Crippen molar-refractivity contribution in [2.75, 3.05) is 25.6 Å². The van der Waals surface area contributed by atoms with Crippen LogP contribution in [0.1, 0.15) is 19.8 Å². The third-order valence-corrected chi connectivity index (χ3v) is 2.34. The van der Waals surface area contributed by atoms with Gasteiger partial charge in [-0.3, -0.25) is 15.1 Å². The Hall–Kier alpha value is -1.60. The molecule has 0 spiro atoms. The van der Waals surface area contributed by atoms with Crippen LogP contribution in [0.3, 0.4) is 0 Å². The van der Waals surface area contributed by atoms with Crippen LogP contribution in [-0.2, 0) is 11.3 Å². The second kappa shape index (κ2) is 8.48. The Morgan fingerprint density at radius 3 is 3.11 bits per heavy atom. The number of nitrogens with two attached hydrogens (primary N) is 1.